The molecule has 0 bridgehead atoms. The number of carbonyl (C=O) groups is 1. The second kappa shape index (κ2) is 7.08. The van der Waals surface area contributed by atoms with Crippen LogP contribution in [0.5, 0.6) is 0 Å². The summed E-state index contributed by atoms with van der Waals surface area (Å²) in [4.78, 5) is 20.3. The first kappa shape index (κ1) is 18.1. The summed E-state index contributed by atoms with van der Waals surface area (Å²) >= 11 is 0. The van der Waals surface area contributed by atoms with Gasteiger partial charge in [-0.3, -0.25) is 19.4 Å². The van der Waals surface area contributed by atoms with Crippen LogP contribution in [0.2, 0.25) is 0 Å². The van der Waals surface area contributed by atoms with E-state index in [4.69, 9.17) is 4.74 Å². The Hall–Kier alpha value is -2.29. The van der Waals surface area contributed by atoms with Crippen molar-refractivity contribution in [1.29, 1.82) is 0 Å². The fraction of sp³-hybridized carbons (Fsp3) is 0.467. The van der Waals surface area contributed by atoms with E-state index >= 15 is 0 Å². The van der Waals surface area contributed by atoms with E-state index in [-0.39, 0.29) is 19.6 Å². The average Bonchev–Trinajstić information content (AvgIpc) is 3.01. The van der Waals surface area contributed by atoms with Crippen molar-refractivity contribution in [2.45, 2.75) is 31.6 Å². The quantitative estimate of drug-likeness (QED) is 0.687. The van der Waals surface area contributed by atoms with Crippen LogP contribution in [0.25, 0.3) is 11.3 Å². The lowest BCUT2D eigenvalue weighted by molar-refractivity contribution is -0.146. The van der Waals surface area contributed by atoms with E-state index in [1.807, 2.05) is 0 Å². The van der Waals surface area contributed by atoms with E-state index < -0.39 is 20.6 Å². The van der Waals surface area contributed by atoms with Gasteiger partial charge in [0, 0.05) is 37.0 Å². The van der Waals surface area contributed by atoms with E-state index in [0.29, 0.717) is 5.69 Å². The number of nitrogens with zero attached hydrogens (tertiary/aromatic N) is 4. The van der Waals surface area contributed by atoms with E-state index in [2.05, 4.69) is 15.1 Å². The third-order valence-electron chi connectivity index (χ3n) is 3.84. The number of carbonyl (C=O) groups excluding carboxylic acids is 1. The van der Waals surface area contributed by atoms with Gasteiger partial charge in [0.05, 0.1) is 24.7 Å². The normalized spacial score (nSPS) is 14.1. The van der Waals surface area contributed by atoms with Crippen LogP contribution >= 0.6 is 0 Å². The molecule has 9 heteroatoms. The number of rotatable bonds is 7. The third-order valence-corrected chi connectivity index (χ3v) is 5.84. The zero-order valence-electron chi connectivity index (χ0n) is 13.8. The van der Waals surface area contributed by atoms with Crippen LogP contribution in [0, 0.1) is 0 Å². The van der Waals surface area contributed by atoms with Crippen molar-refractivity contribution in [3.8, 4) is 11.3 Å². The first-order valence-corrected chi connectivity index (χ1v) is 9.32. The Kier molecular flexibility index (Phi) is 5.33. The summed E-state index contributed by atoms with van der Waals surface area (Å²) in [5.74, 6) is -0.742. The van der Waals surface area contributed by atoms with Gasteiger partial charge in [0.25, 0.3) is 0 Å². The van der Waals surface area contributed by atoms with Gasteiger partial charge in [-0.15, -0.1) is 0 Å². The lowest BCUT2D eigenvalue weighted by Gasteiger charge is -2.25. The van der Waals surface area contributed by atoms with E-state index in [0.717, 1.165) is 11.8 Å². The van der Waals surface area contributed by atoms with Crippen molar-refractivity contribution < 1.29 is 17.9 Å². The van der Waals surface area contributed by atoms with Crippen LogP contribution in [0.15, 0.2) is 31.0 Å². The third kappa shape index (κ3) is 3.78. The van der Waals surface area contributed by atoms with Crippen LogP contribution in [-0.4, -0.2) is 51.7 Å². The molecular weight excluding hydrogens is 332 g/mol. The molecule has 1 atom stereocenters. The lowest BCUT2D eigenvalue weighted by Crippen LogP contribution is -2.45. The molecule has 24 heavy (non-hydrogen) atoms. The van der Waals surface area contributed by atoms with Crippen molar-refractivity contribution in [2.24, 2.45) is 0 Å². The van der Waals surface area contributed by atoms with E-state index in [1.54, 1.807) is 42.6 Å². The summed E-state index contributed by atoms with van der Waals surface area (Å²) in [5.41, 5.74) is 1.43. The lowest BCUT2D eigenvalue weighted by atomic mass is 10.1. The zero-order valence-corrected chi connectivity index (χ0v) is 14.7. The highest BCUT2D eigenvalue weighted by molar-refractivity contribution is 7.92. The number of sulfone groups is 1. The van der Waals surface area contributed by atoms with Crippen molar-refractivity contribution in [3.05, 3.63) is 31.0 Å². The maximum atomic E-state index is 12.1. The number of ether oxygens (including phenoxy) is 1. The molecule has 8 nitrogen and oxygen atoms in total. The minimum absolute atomic E-state index is 0.0618. The molecule has 0 amide bonds. The molecule has 0 aliphatic heterocycles. The van der Waals surface area contributed by atoms with Crippen LogP contribution in [0.1, 0.15) is 20.3 Å². The highest BCUT2D eigenvalue weighted by atomic mass is 32.2. The minimum Gasteiger partial charge on any atom is -0.465 e. The zero-order chi connectivity index (χ0) is 17.8. The maximum absolute atomic E-state index is 12.1. The molecule has 2 aromatic heterocycles. The summed E-state index contributed by atoms with van der Waals surface area (Å²) in [6.07, 6.45) is 9.22. The smallest absolute Gasteiger partial charge is 0.327 e. The van der Waals surface area contributed by atoms with Crippen LogP contribution < -0.4 is 0 Å². The van der Waals surface area contributed by atoms with Gasteiger partial charge in [-0.25, -0.2) is 8.42 Å². The first-order valence-electron chi connectivity index (χ1n) is 7.43. The molecule has 0 saturated carbocycles. The summed E-state index contributed by atoms with van der Waals surface area (Å²) < 4.78 is 29.0. The Morgan fingerprint density at radius 1 is 1.33 bits per heavy atom. The Bertz CT molecular complexity index is 804. The largest absolute Gasteiger partial charge is 0.465 e. The Balaban J connectivity index is 2.16. The van der Waals surface area contributed by atoms with Gasteiger partial charge in [0.2, 0.25) is 0 Å². The number of esters is 1. The topological polar surface area (TPSA) is 104 Å². The first-order chi connectivity index (χ1) is 11.3. The van der Waals surface area contributed by atoms with Gasteiger partial charge in [0.15, 0.2) is 14.6 Å². The van der Waals surface area contributed by atoms with Gasteiger partial charge in [-0.1, -0.05) is 0 Å². The van der Waals surface area contributed by atoms with Gasteiger partial charge in [-0.05, 0) is 20.3 Å². The average molecular weight is 352 g/mol. The van der Waals surface area contributed by atoms with Gasteiger partial charge in [-0.2, -0.15) is 5.10 Å². The predicted octanol–water partition coefficient (Wildman–Crippen LogP) is 1.10. The van der Waals surface area contributed by atoms with Crippen LogP contribution in [-0.2, 0) is 25.9 Å². The Morgan fingerprint density at radius 3 is 2.67 bits per heavy atom. The Labute approximate surface area is 140 Å². The van der Waals surface area contributed by atoms with Gasteiger partial charge in [0.1, 0.15) is 0 Å². The van der Waals surface area contributed by atoms with E-state index in [9.17, 15) is 13.2 Å². The summed E-state index contributed by atoms with van der Waals surface area (Å²) in [7, 11) is -3.64. The number of hydrogen-bond donors (Lipinski definition) is 0. The molecule has 0 fully saturated rings. The molecular formula is C15H20N4O4S. The molecule has 2 aromatic rings. The number of aryl methyl sites for hydroxylation is 1. The standard InChI is InChI=1S/C15H20N4O4S/c1-4-23-14(20)15(2,24(3,21)22)5-8-19-11-12(9-18-19)13-10-16-6-7-17-13/h6-7,9-11H,4-5,8H2,1-3H3/t15-/m1/s1. The molecule has 2 rings (SSSR count). The Morgan fingerprint density at radius 2 is 2.08 bits per heavy atom. The van der Waals surface area contributed by atoms with Crippen molar-refractivity contribution in [3.63, 3.8) is 0 Å². The summed E-state index contributed by atoms with van der Waals surface area (Å²) in [5, 5.41) is 4.18. The predicted molar refractivity (Wildman–Crippen MR) is 87.8 cm³/mol. The molecule has 0 aromatic carbocycles. The van der Waals surface area contributed by atoms with Crippen molar-refractivity contribution in [1.82, 2.24) is 19.7 Å². The highest BCUT2D eigenvalue weighted by Gasteiger charge is 2.44. The monoisotopic (exact) mass is 352 g/mol. The van der Waals surface area contributed by atoms with Crippen molar-refractivity contribution in [2.75, 3.05) is 12.9 Å². The molecule has 0 aliphatic carbocycles. The molecule has 0 spiro atoms. The number of hydrogen-bond acceptors (Lipinski definition) is 7. The van der Waals surface area contributed by atoms with Crippen LogP contribution in [0.3, 0.4) is 0 Å². The molecule has 0 N–H and O–H groups in total. The second-order valence-corrected chi connectivity index (χ2v) is 8.00. The fourth-order valence-corrected chi connectivity index (χ4v) is 2.94. The minimum atomic E-state index is -3.64. The van der Waals surface area contributed by atoms with Gasteiger partial charge >= 0.3 is 5.97 Å². The van der Waals surface area contributed by atoms with E-state index in [1.165, 1.54) is 6.92 Å². The summed E-state index contributed by atoms with van der Waals surface area (Å²) in [6.45, 7) is 3.40. The molecule has 0 unspecified atom stereocenters. The fourth-order valence-electron chi connectivity index (χ4n) is 2.12. The van der Waals surface area contributed by atoms with Crippen LogP contribution in [0.4, 0.5) is 0 Å². The molecule has 0 saturated heterocycles. The number of aromatic nitrogens is 4. The second-order valence-electron chi connectivity index (χ2n) is 5.56. The molecule has 0 radical (unpaired) electrons. The summed E-state index contributed by atoms with van der Waals surface area (Å²) in [6, 6.07) is 0. The molecule has 2 heterocycles. The molecule has 130 valence electrons. The van der Waals surface area contributed by atoms with Crippen molar-refractivity contribution >= 4 is 15.8 Å². The SMILES string of the molecule is CCOC(=O)[C@@](C)(CCn1cc(-c2cnccn2)cn1)S(C)(=O)=O. The molecule has 0 aliphatic rings. The van der Waals surface area contributed by atoms with Gasteiger partial charge < -0.3 is 4.74 Å². The maximum Gasteiger partial charge on any atom is 0.327 e. The highest BCUT2D eigenvalue weighted by Crippen LogP contribution is 2.24.